The molecule has 0 radical (unpaired) electrons. The molecule has 0 bridgehead atoms. The Bertz CT molecular complexity index is 2610. The molecular formula is C51H42N2. The summed E-state index contributed by atoms with van der Waals surface area (Å²) < 4.78 is 2.43. The van der Waals surface area contributed by atoms with Gasteiger partial charge in [-0.05, 0) is 123 Å². The Morgan fingerprint density at radius 1 is 0.642 bits per heavy atom. The second kappa shape index (κ2) is 12.5. The van der Waals surface area contributed by atoms with Crippen molar-refractivity contribution < 1.29 is 0 Å². The maximum absolute atomic E-state index is 3.69. The fraction of sp³-hybridized carbons (Fsp3) is 0.137. The summed E-state index contributed by atoms with van der Waals surface area (Å²) >= 11 is 0. The number of hydrogen-bond donors (Lipinski definition) is 1. The first-order chi connectivity index (χ1) is 26.0. The third-order valence-corrected chi connectivity index (χ3v) is 11.8. The number of fused-ring (bicyclic) bond motifs is 5. The van der Waals surface area contributed by atoms with E-state index in [0.717, 1.165) is 30.6 Å². The molecule has 1 N–H and O–H groups in total. The minimum atomic E-state index is 0.0371. The molecule has 1 aromatic heterocycles. The molecule has 0 fully saturated rings. The predicted octanol–water partition coefficient (Wildman–Crippen LogP) is 13.5. The van der Waals surface area contributed by atoms with Crippen LogP contribution in [-0.2, 0) is 11.8 Å². The van der Waals surface area contributed by atoms with Crippen molar-refractivity contribution in [3.8, 4) is 27.9 Å². The Hall–Kier alpha value is -6.12. The largest absolute Gasteiger partial charge is 0.356 e. The van der Waals surface area contributed by atoms with Crippen LogP contribution in [0, 0.1) is 0 Å². The van der Waals surface area contributed by atoms with Crippen LogP contribution in [0.15, 0.2) is 169 Å². The van der Waals surface area contributed by atoms with Crippen LogP contribution in [0.2, 0.25) is 0 Å². The molecule has 0 saturated carbocycles. The van der Waals surface area contributed by atoms with E-state index in [0.29, 0.717) is 5.92 Å². The number of nitrogens with zero attached hydrogens (tertiary/aromatic N) is 1. The van der Waals surface area contributed by atoms with Gasteiger partial charge in [0.1, 0.15) is 0 Å². The van der Waals surface area contributed by atoms with Crippen molar-refractivity contribution in [2.24, 2.45) is 0 Å². The van der Waals surface area contributed by atoms with Crippen molar-refractivity contribution in [3.05, 3.63) is 197 Å². The zero-order valence-corrected chi connectivity index (χ0v) is 30.3. The summed E-state index contributed by atoms with van der Waals surface area (Å²) in [4.78, 5) is 0. The first kappa shape index (κ1) is 31.6. The van der Waals surface area contributed by atoms with Crippen molar-refractivity contribution in [3.63, 3.8) is 0 Å². The van der Waals surface area contributed by atoms with Gasteiger partial charge in [-0.1, -0.05) is 135 Å². The van der Waals surface area contributed by atoms with E-state index >= 15 is 0 Å². The first-order valence-corrected chi connectivity index (χ1v) is 19.0. The van der Waals surface area contributed by atoms with Gasteiger partial charge in [0.25, 0.3) is 0 Å². The summed E-state index contributed by atoms with van der Waals surface area (Å²) in [7, 11) is 0. The van der Waals surface area contributed by atoms with Crippen molar-refractivity contribution in [2.75, 3.05) is 5.32 Å². The molecule has 1 atom stereocenters. The number of allylic oxidation sites excluding steroid dienone is 5. The van der Waals surface area contributed by atoms with Crippen LogP contribution < -0.4 is 5.32 Å². The smallest absolute Gasteiger partial charge is 0.0537 e. The molecule has 3 aliphatic carbocycles. The number of rotatable bonds is 6. The number of nitrogens with one attached hydrogen (secondary N) is 1. The average Bonchev–Trinajstić information content (AvgIpc) is 3.66. The van der Waals surface area contributed by atoms with Crippen molar-refractivity contribution in [1.82, 2.24) is 4.57 Å². The average molecular weight is 683 g/mol. The minimum absolute atomic E-state index is 0.0371. The molecule has 2 nitrogen and oxygen atoms in total. The Labute approximate surface area is 312 Å². The summed E-state index contributed by atoms with van der Waals surface area (Å²) in [5, 5.41) is 5.03. The first-order valence-electron chi connectivity index (χ1n) is 19.0. The summed E-state index contributed by atoms with van der Waals surface area (Å²) in [6.45, 7) is 4.73. The lowest BCUT2D eigenvalue weighted by molar-refractivity contribution is 0.651. The molecule has 10 rings (SSSR count). The van der Waals surface area contributed by atoms with Gasteiger partial charge in [0, 0.05) is 39.5 Å². The molecule has 0 aliphatic heterocycles. The van der Waals surface area contributed by atoms with E-state index in [1.807, 2.05) is 0 Å². The standard InChI is InChI=1S/C51H42N2/c1-51(2)47-17-8-6-15-43(47)44-29-26-41(33-48(44)51)52-40-24-19-36(20-25-40)37-13-10-14-38(31-37)39-23-30-50-46(32-39)45-16-7-9-18-49(45)53(50)42-27-21-35(22-28-42)34-11-4-3-5-12-34/h3-5,7-14,16-31,33,39,52H,6,15,32H2,1-2H3. The molecule has 3 aliphatic rings. The van der Waals surface area contributed by atoms with Crippen LogP contribution in [0.4, 0.5) is 11.4 Å². The zero-order valence-electron chi connectivity index (χ0n) is 30.3. The highest BCUT2D eigenvalue weighted by atomic mass is 15.0. The molecule has 0 saturated heterocycles. The van der Waals surface area contributed by atoms with E-state index in [2.05, 4.69) is 194 Å². The van der Waals surface area contributed by atoms with Crippen molar-refractivity contribution in [2.45, 2.75) is 44.4 Å². The van der Waals surface area contributed by atoms with Gasteiger partial charge in [0.05, 0.1) is 5.52 Å². The second-order valence-electron chi connectivity index (χ2n) is 15.3. The topological polar surface area (TPSA) is 17.0 Å². The quantitative estimate of drug-likeness (QED) is 0.185. The number of anilines is 2. The highest BCUT2D eigenvalue weighted by Crippen LogP contribution is 2.50. The van der Waals surface area contributed by atoms with Crippen molar-refractivity contribution >= 4 is 33.9 Å². The van der Waals surface area contributed by atoms with E-state index in [-0.39, 0.29) is 5.41 Å². The summed E-state index contributed by atoms with van der Waals surface area (Å²) in [6, 6.07) is 53.4. The van der Waals surface area contributed by atoms with Crippen LogP contribution in [0.5, 0.6) is 0 Å². The number of hydrogen-bond acceptors (Lipinski definition) is 1. The lowest BCUT2D eigenvalue weighted by Gasteiger charge is -2.24. The maximum atomic E-state index is 3.69. The van der Waals surface area contributed by atoms with E-state index in [1.54, 1.807) is 0 Å². The molecular weight excluding hydrogens is 641 g/mol. The normalized spacial score (nSPS) is 16.8. The van der Waals surface area contributed by atoms with E-state index < -0.39 is 0 Å². The fourth-order valence-electron chi connectivity index (χ4n) is 9.09. The van der Waals surface area contributed by atoms with Gasteiger partial charge in [-0.25, -0.2) is 0 Å². The van der Waals surface area contributed by atoms with Crippen LogP contribution in [0.25, 0.3) is 50.5 Å². The number of benzene rings is 6. The van der Waals surface area contributed by atoms with Crippen LogP contribution in [0.3, 0.4) is 0 Å². The predicted molar refractivity (Wildman–Crippen MR) is 224 cm³/mol. The molecule has 7 aromatic rings. The lowest BCUT2D eigenvalue weighted by Crippen LogP contribution is -2.16. The number of para-hydroxylation sites is 1. The number of aromatic nitrogens is 1. The molecule has 53 heavy (non-hydrogen) atoms. The molecule has 6 aromatic carbocycles. The Kier molecular flexibility index (Phi) is 7.47. The van der Waals surface area contributed by atoms with Gasteiger partial charge in [0.2, 0.25) is 0 Å². The fourth-order valence-corrected chi connectivity index (χ4v) is 9.09. The van der Waals surface area contributed by atoms with Crippen LogP contribution in [-0.4, -0.2) is 4.57 Å². The van der Waals surface area contributed by atoms with Crippen LogP contribution >= 0.6 is 0 Å². The lowest BCUT2D eigenvalue weighted by atomic mass is 9.80. The third kappa shape index (κ3) is 5.40. The monoisotopic (exact) mass is 682 g/mol. The summed E-state index contributed by atoms with van der Waals surface area (Å²) in [6.07, 6.45) is 12.7. The highest BCUT2D eigenvalue weighted by Gasteiger charge is 2.37. The van der Waals surface area contributed by atoms with Gasteiger partial charge < -0.3 is 9.88 Å². The minimum Gasteiger partial charge on any atom is -0.356 e. The Morgan fingerprint density at radius 2 is 1.36 bits per heavy atom. The van der Waals surface area contributed by atoms with Gasteiger partial charge in [0.15, 0.2) is 0 Å². The van der Waals surface area contributed by atoms with E-state index in [4.69, 9.17) is 0 Å². The summed E-state index contributed by atoms with van der Waals surface area (Å²) in [5.74, 6) is 0.308. The van der Waals surface area contributed by atoms with E-state index in [1.165, 1.54) is 77.9 Å². The molecule has 1 heterocycles. The van der Waals surface area contributed by atoms with E-state index in [9.17, 15) is 0 Å². The van der Waals surface area contributed by atoms with Gasteiger partial charge in [-0.2, -0.15) is 0 Å². The van der Waals surface area contributed by atoms with Crippen molar-refractivity contribution in [1.29, 1.82) is 0 Å². The van der Waals surface area contributed by atoms with Gasteiger partial charge in [-0.15, -0.1) is 0 Å². The SMILES string of the molecule is CC1(C)C2=C(CCC=C2)c2ccc(Nc3ccc(-c4cccc(C5C=Cc6c(c7ccccc7n6-c6ccc(-c7ccccc7)cc6)C5)c4)cc3)cc21. The Morgan fingerprint density at radius 3 is 2.21 bits per heavy atom. The maximum Gasteiger partial charge on any atom is 0.0537 e. The molecule has 2 heteroatoms. The molecule has 0 spiro atoms. The summed E-state index contributed by atoms with van der Waals surface area (Å²) in [5.41, 5.74) is 19.6. The van der Waals surface area contributed by atoms with Gasteiger partial charge >= 0.3 is 0 Å². The van der Waals surface area contributed by atoms with Gasteiger partial charge in [-0.3, -0.25) is 0 Å². The third-order valence-electron chi connectivity index (χ3n) is 11.8. The zero-order chi connectivity index (χ0) is 35.5. The second-order valence-corrected chi connectivity index (χ2v) is 15.3. The molecule has 1 unspecified atom stereocenters. The highest BCUT2D eigenvalue weighted by molar-refractivity contribution is 5.91. The molecule has 0 amide bonds. The van der Waals surface area contributed by atoms with Crippen LogP contribution in [0.1, 0.15) is 60.6 Å². The Balaban J connectivity index is 0.894. The molecule has 256 valence electrons.